The van der Waals surface area contributed by atoms with Crippen LogP contribution >= 0.6 is 22.9 Å². The molecule has 0 bridgehead atoms. The fourth-order valence-corrected chi connectivity index (χ4v) is 4.80. The number of fused-ring (bicyclic) bond motifs is 1. The number of amides is 1. The van der Waals surface area contributed by atoms with E-state index in [1.54, 1.807) is 17.0 Å². The molecule has 2 aromatic carbocycles. The molecule has 0 spiro atoms. The molecule has 3 aromatic rings. The van der Waals surface area contributed by atoms with Gasteiger partial charge in [0.2, 0.25) is 0 Å². The highest BCUT2D eigenvalue weighted by Gasteiger charge is 2.28. The van der Waals surface area contributed by atoms with Crippen LogP contribution in [0.4, 0.5) is 5.13 Å². The predicted octanol–water partition coefficient (Wildman–Crippen LogP) is 5.57. The molecule has 1 aliphatic rings. The van der Waals surface area contributed by atoms with Crippen molar-refractivity contribution in [3.05, 3.63) is 47.0 Å². The lowest BCUT2D eigenvalue weighted by molar-refractivity contribution is 0.0917. The fraction of sp³-hybridized carbons (Fsp3) is 0.391. The number of nitrogens with zero attached hydrogens (tertiary/aromatic N) is 2. The number of carbonyl (C=O) groups is 1. The number of hydrogen-bond acceptors (Lipinski definition) is 6. The van der Waals surface area contributed by atoms with Crippen molar-refractivity contribution in [2.75, 3.05) is 31.8 Å². The number of benzene rings is 2. The summed E-state index contributed by atoms with van der Waals surface area (Å²) < 4.78 is 18.0. The average Bonchev–Trinajstić information content (AvgIpc) is 3.45. The quantitative estimate of drug-likeness (QED) is 0.439. The summed E-state index contributed by atoms with van der Waals surface area (Å²) in [4.78, 5) is 20.0. The topological polar surface area (TPSA) is 60.9 Å². The molecule has 0 radical (unpaired) electrons. The number of ether oxygens (including phenoxy) is 3. The third-order valence-corrected chi connectivity index (χ3v) is 6.44. The molecule has 0 N–H and O–H groups in total. The van der Waals surface area contributed by atoms with E-state index in [4.69, 9.17) is 30.8 Å². The van der Waals surface area contributed by atoms with E-state index in [1.807, 2.05) is 31.2 Å². The van der Waals surface area contributed by atoms with Gasteiger partial charge >= 0.3 is 0 Å². The van der Waals surface area contributed by atoms with Gasteiger partial charge in [0.25, 0.3) is 5.91 Å². The third-order valence-electron chi connectivity index (χ3n) is 5.10. The standard InChI is InChI=1S/C23H25ClN2O4S/c1-3-10-30-21-17(24)12-15(13-19(21)28-2)22(27)26(14-16-7-6-11-29-16)23-25-18-8-4-5-9-20(18)31-23/h4-5,8-9,12-13,16H,3,6-7,10-11,14H2,1-2H3. The van der Waals surface area contributed by atoms with Crippen LogP contribution in [0.2, 0.25) is 5.02 Å². The number of thiazole rings is 1. The van der Waals surface area contributed by atoms with Crippen LogP contribution in [0.5, 0.6) is 11.5 Å². The van der Waals surface area contributed by atoms with Gasteiger partial charge in [0, 0.05) is 12.2 Å². The van der Waals surface area contributed by atoms with E-state index in [2.05, 4.69) is 0 Å². The van der Waals surface area contributed by atoms with Crippen LogP contribution in [0.25, 0.3) is 10.2 Å². The van der Waals surface area contributed by atoms with Gasteiger partial charge < -0.3 is 14.2 Å². The first-order valence-corrected chi connectivity index (χ1v) is 11.6. The molecule has 2 heterocycles. The molecule has 8 heteroatoms. The summed E-state index contributed by atoms with van der Waals surface area (Å²) in [6.45, 7) is 3.68. The second-order valence-electron chi connectivity index (χ2n) is 7.35. The summed E-state index contributed by atoms with van der Waals surface area (Å²) in [5.41, 5.74) is 1.29. The van der Waals surface area contributed by atoms with Gasteiger partial charge in [-0.05, 0) is 43.5 Å². The summed E-state index contributed by atoms with van der Waals surface area (Å²) >= 11 is 7.95. The molecule has 1 fully saturated rings. The molecule has 1 saturated heterocycles. The van der Waals surface area contributed by atoms with Crippen molar-refractivity contribution in [3.63, 3.8) is 0 Å². The molecule has 1 aliphatic heterocycles. The van der Waals surface area contributed by atoms with E-state index in [1.165, 1.54) is 18.4 Å². The van der Waals surface area contributed by atoms with Crippen LogP contribution in [-0.4, -0.2) is 43.9 Å². The third kappa shape index (κ3) is 4.79. The number of methoxy groups -OCH3 is 1. The first-order valence-electron chi connectivity index (χ1n) is 10.4. The maximum Gasteiger partial charge on any atom is 0.260 e. The lowest BCUT2D eigenvalue weighted by atomic mass is 10.1. The van der Waals surface area contributed by atoms with Crippen molar-refractivity contribution in [1.29, 1.82) is 0 Å². The van der Waals surface area contributed by atoms with Crippen LogP contribution in [0, 0.1) is 0 Å². The Bertz CT molecular complexity index is 1030. The van der Waals surface area contributed by atoms with E-state index in [0.717, 1.165) is 36.1 Å². The number of hydrogen-bond donors (Lipinski definition) is 0. The fourth-order valence-electron chi connectivity index (χ4n) is 3.56. The molecule has 0 aliphatic carbocycles. The van der Waals surface area contributed by atoms with Crippen molar-refractivity contribution in [2.45, 2.75) is 32.3 Å². The lowest BCUT2D eigenvalue weighted by Gasteiger charge is -2.23. The molecule has 0 saturated carbocycles. The minimum Gasteiger partial charge on any atom is -0.493 e. The SMILES string of the molecule is CCCOc1c(Cl)cc(C(=O)N(CC2CCCO2)c2nc3ccccc3s2)cc1OC. The van der Waals surface area contributed by atoms with Crippen LogP contribution in [0.1, 0.15) is 36.5 Å². The molecule has 31 heavy (non-hydrogen) atoms. The molecule has 1 amide bonds. The van der Waals surface area contributed by atoms with Gasteiger partial charge in [0.15, 0.2) is 16.6 Å². The van der Waals surface area contributed by atoms with Gasteiger partial charge in [-0.3, -0.25) is 9.69 Å². The lowest BCUT2D eigenvalue weighted by Crippen LogP contribution is -2.37. The van der Waals surface area contributed by atoms with E-state index < -0.39 is 0 Å². The Labute approximate surface area is 190 Å². The summed E-state index contributed by atoms with van der Waals surface area (Å²) in [6, 6.07) is 11.2. The van der Waals surface area contributed by atoms with Gasteiger partial charge in [0.1, 0.15) is 0 Å². The smallest absolute Gasteiger partial charge is 0.260 e. The first kappa shape index (κ1) is 21.9. The maximum absolute atomic E-state index is 13.6. The summed E-state index contributed by atoms with van der Waals surface area (Å²) in [6.07, 6.45) is 2.74. The number of para-hydroxylation sites is 1. The van der Waals surface area contributed by atoms with Crippen LogP contribution in [-0.2, 0) is 4.74 Å². The second kappa shape index (κ2) is 9.85. The molecular formula is C23H25ClN2O4S. The Kier molecular flexibility index (Phi) is 6.95. The van der Waals surface area contributed by atoms with E-state index in [9.17, 15) is 4.79 Å². The molecule has 164 valence electrons. The van der Waals surface area contributed by atoms with Gasteiger partial charge in [-0.15, -0.1) is 0 Å². The van der Waals surface area contributed by atoms with Gasteiger partial charge in [-0.2, -0.15) is 0 Å². The van der Waals surface area contributed by atoms with E-state index in [-0.39, 0.29) is 12.0 Å². The maximum atomic E-state index is 13.6. The molecule has 1 aromatic heterocycles. The van der Waals surface area contributed by atoms with E-state index in [0.29, 0.717) is 40.4 Å². The van der Waals surface area contributed by atoms with Gasteiger partial charge in [-0.1, -0.05) is 42.0 Å². The highest BCUT2D eigenvalue weighted by Crippen LogP contribution is 2.38. The number of halogens is 1. The van der Waals surface area contributed by atoms with Crippen molar-refractivity contribution in [3.8, 4) is 11.5 Å². The first-order chi connectivity index (χ1) is 15.1. The van der Waals surface area contributed by atoms with Crippen LogP contribution in [0.15, 0.2) is 36.4 Å². The minimum atomic E-state index is -0.197. The van der Waals surface area contributed by atoms with Crippen molar-refractivity contribution >= 4 is 44.2 Å². The van der Waals surface area contributed by atoms with Crippen molar-refractivity contribution in [1.82, 2.24) is 4.98 Å². The molecule has 1 unspecified atom stereocenters. The normalized spacial score (nSPS) is 15.9. The summed E-state index contributed by atoms with van der Waals surface area (Å²) in [5.74, 6) is 0.690. The van der Waals surface area contributed by atoms with Crippen LogP contribution < -0.4 is 14.4 Å². The Morgan fingerprint density at radius 3 is 2.90 bits per heavy atom. The largest absolute Gasteiger partial charge is 0.493 e. The highest BCUT2D eigenvalue weighted by molar-refractivity contribution is 7.22. The Morgan fingerprint density at radius 2 is 2.19 bits per heavy atom. The van der Waals surface area contributed by atoms with Crippen molar-refractivity contribution in [2.24, 2.45) is 0 Å². The molecule has 4 rings (SSSR count). The average molecular weight is 461 g/mol. The van der Waals surface area contributed by atoms with Gasteiger partial charge in [-0.25, -0.2) is 4.98 Å². The van der Waals surface area contributed by atoms with E-state index >= 15 is 0 Å². The Balaban J connectivity index is 1.70. The molecule has 6 nitrogen and oxygen atoms in total. The van der Waals surface area contributed by atoms with Crippen LogP contribution in [0.3, 0.4) is 0 Å². The summed E-state index contributed by atoms with van der Waals surface area (Å²) in [5, 5.41) is 0.987. The number of aromatic nitrogens is 1. The predicted molar refractivity (Wildman–Crippen MR) is 124 cm³/mol. The number of carbonyl (C=O) groups excluding carboxylic acids is 1. The zero-order chi connectivity index (χ0) is 21.8. The molecule has 1 atom stereocenters. The number of rotatable bonds is 8. The Morgan fingerprint density at radius 1 is 1.35 bits per heavy atom. The molecular weight excluding hydrogens is 436 g/mol. The highest BCUT2D eigenvalue weighted by atomic mass is 35.5. The Hall–Kier alpha value is -2.35. The van der Waals surface area contributed by atoms with Gasteiger partial charge in [0.05, 0.1) is 41.6 Å². The monoisotopic (exact) mass is 460 g/mol. The minimum absolute atomic E-state index is 0.0134. The second-order valence-corrected chi connectivity index (χ2v) is 8.77. The summed E-state index contributed by atoms with van der Waals surface area (Å²) in [7, 11) is 1.54. The zero-order valence-electron chi connectivity index (χ0n) is 17.6. The van der Waals surface area contributed by atoms with Crippen molar-refractivity contribution < 1.29 is 19.0 Å². The number of anilines is 1. The zero-order valence-corrected chi connectivity index (χ0v) is 19.2.